The first-order valence-corrected chi connectivity index (χ1v) is 6.15. The van der Waals surface area contributed by atoms with E-state index in [-0.39, 0.29) is 0 Å². The van der Waals surface area contributed by atoms with E-state index >= 15 is 0 Å². The molecule has 1 heterocycles. The van der Waals surface area contributed by atoms with Gasteiger partial charge in [0.25, 0.3) is 6.01 Å². The van der Waals surface area contributed by atoms with Gasteiger partial charge in [-0.3, -0.25) is 0 Å². The molecular formula is C12H21N3O. The van der Waals surface area contributed by atoms with Crippen molar-refractivity contribution in [2.24, 2.45) is 0 Å². The summed E-state index contributed by atoms with van der Waals surface area (Å²) in [6.07, 6.45) is 4.31. The van der Waals surface area contributed by atoms with Crippen LogP contribution in [0.4, 0.5) is 6.01 Å². The third kappa shape index (κ3) is 2.76. The zero-order valence-electron chi connectivity index (χ0n) is 10.4. The number of oxazole rings is 1. The molecule has 0 spiro atoms. The summed E-state index contributed by atoms with van der Waals surface area (Å²) in [7, 11) is 0. The summed E-state index contributed by atoms with van der Waals surface area (Å²) >= 11 is 0. The molecule has 1 N–H and O–H groups in total. The number of nitrogens with one attached hydrogen (secondary N) is 1. The van der Waals surface area contributed by atoms with Gasteiger partial charge >= 0.3 is 0 Å². The molecule has 1 fully saturated rings. The normalized spacial score (nSPS) is 15.8. The number of rotatable bonds is 6. The van der Waals surface area contributed by atoms with Crippen molar-refractivity contribution in [1.29, 1.82) is 0 Å². The van der Waals surface area contributed by atoms with Crippen LogP contribution in [0.15, 0.2) is 10.7 Å². The Kier molecular flexibility index (Phi) is 3.49. The van der Waals surface area contributed by atoms with Crippen molar-refractivity contribution < 1.29 is 4.42 Å². The SMILES string of the molecule is CCN(c1nc(CNC(C)C)co1)C1CC1. The molecule has 0 atom stereocenters. The van der Waals surface area contributed by atoms with Crippen molar-refractivity contribution in [2.45, 2.75) is 52.2 Å². The van der Waals surface area contributed by atoms with Crippen molar-refractivity contribution in [1.82, 2.24) is 10.3 Å². The van der Waals surface area contributed by atoms with E-state index in [0.29, 0.717) is 12.1 Å². The number of nitrogens with zero attached hydrogens (tertiary/aromatic N) is 2. The van der Waals surface area contributed by atoms with Gasteiger partial charge in [0.2, 0.25) is 0 Å². The lowest BCUT2D eigenvalue weighted by molar-refractivity contribution is 0.531. The predicted molar refractivity (Wildman–Crippen MR) is 64.5 cm³/mol. The molecule has 0 aromatic carbocycles. The van der Waals surface area contributed by atoms with Gasteiger partial charge in [-0.15, -0.1) is 0 Å². The van der Waals surface area contributed by atoms with Gasteiger partial charge in [-0.2, -0.15) is 4.98 Å². The lowest BCUT2D eigenvalue weighted by Crippen LogP contribution is -2.25. The van der Waals surface area contributed by atoms with E-state index in [1.54, 1.807) is 6.26 Å². The Hall–Kier alpha value is -1.03. The van der Waals surface area contributed by atoms with Crippen molar-refractivity contribution in [3.63, 3.8) is 0 Å². The third-order valence-electron chi connectivity index (χ3n) is 2.81. The van der Waals surface area contributed by atoms with E-state index in [2.05, 4.69) is 36.0 Å². The zero-order chi connectivity index (χ0) is 11.5. The fourth-order valence-electron chi connectivity index (χ4n) is 1.75. The van der Waals surface area contributed by atoms with Crippen LogP contribution >= 0.6 is 0 Å². The lowest BCUT2D eigenvalue weighted by atomic mass is 10.4. The molecule has 2 rings (SSSR count). The van der Waals surface area contributed by atoms with Crippen molar-refractivity contribution >= 4 is 6.01 Å². The van der Waals surface area contributed by atoms with Crippen LogP contribution in [0, 0.1) is 0 Å². The molecule has 1 aliphatic carbocycles. The van der Waals surface area contributed by atoms with E-state index < -0.39 is 0 Å². The Morgan fingerprint density at radius 3 is 2.88 bits per heavy atom. The monoisotopic (exact) mass is 223 g/mol. The maximum Gasteiger partial charge on any atom is 0.297 e. The van der Waals surface area contributed by atoms with Crippen molar-refractivity contribution in [3.8, 4) is 0 Å². The van der Waals surface area contributed by atoms with Crippen LogP contribution in [0.5, 0.6) is 0 Å². The van der Waals surface area contributed by atoms with Gasteiger partial charge in [0.15, 0.2) is 0 Å². The molecule has 0 aliphatic heterocycles. The Morgan fingerprint density at radius 2 is 2.31 bits per heavy atom. The van der Waals surface area contributed by atoms with E-state index in [1.165, 1.54) is 12.8 Å². The molecule has 0 saturated heterocycles. The number of hydrogen-bond donors (Lipinski definition) is 1. The fourth-order valence-corrected chi connectivity index (χ4v) is 1.75. The average Bonchev–Trinajstić information content (AvgIpc) is 2.96. The summed E-state index contributed by atoms with van der Waals surface area (Å²) in [6.45, 7) is 8.16. The van der Waals surface area contributed by atoms with Gasteiger partial charge in [-0.05, 0) is 19.8 Å². The first-order valence-electron chi connectivity index (χ1n) is 6.15. The lowest BCUT2D eigenvalue weighted by Gasteiger charge is -2.16. The second-order valence-electron chi connectivity index (χ2n) is 4.67. The summed E-state index contributed by atoms with van der Waals surface area (Å²) < 4.78 is 5.53. The summed E-state index contributed by atoms with van der Waals surface area (Å²) in [5, 5.41) is 3.34. The second kappa shape index (κ2) is 4.87. The molecule has 1 saturated carbocycles. The highest BCUT2D eigenvalue weighted by molar-refractivity contribution is 5.31. The molecule has 0 amide bonds. The minimum atomic E-state index is 0.478. The molecule has 90 valence electrons. The van der Waals surface area contributed by atoms with Crippen molar-refractivity contribution in [2.75, 3.05) is 11.4 Å². The molecule has 16 heavy (non-hydrogen) atoms. The minimum absolute atomic E-state index is 0.478. The highest BCUT2D eigenvalue weighted by atomic mass is 16.4. The fraction of sp³-hybridized carbons (Fsp3) is 0.750. The van der Waals surface area contributed by atoms with Gasteiger partial charge in [-0.1, -0.05) is 13.8 Å². The number of anilines is 1. The van der Waals surface area contributed by atoms with Crippen LogP contribution in [0.1, 0.15) is 39.3 Å². The standard InChI is InChI=1S/C12H21N3O/c1-4-15(11-5-6-11)12-14-10(8-16-12)7-13-9(2)3/h8-9,11,13H,4-7H2,1-3H3. The second-order valence-corrected chi connectivity index (χ2v) is 4.67. The van der Waals surface area contributed by atoms with Crippen LogP contribution in [0.2, 0.25) is 0 Å². The Bertz CT molecular complexity index is 331. The van der Waals surface area contributed by atoms with E-state index in [0.717, 1.165) is 24.8 Å². The molecule has 1 aromatic rings. The van der Waals surface area contributed by atoms with Crippen LogP contribution in [0.3, 0.4) is 0 Å². The highest BCUT2D eigenvalue weighted by Gasteiger charge is 2.30. The maximum absolute atomic E-state index is 5.53. The van der Waals surface area contributed by atoms with Crippen LogP contribution in [-0.2, 0) is 6.54 Å². The maximum atomic E-state index is 5.53. The van der Waals surface area contributed by atoms with Gasteiger partial charge in [0, 0.05) is 25.2 Å². The molecule has 4 heteroatoms. The molecule has 1 aliphatic rings. The predicted octanol–water partition coefficient (Wildman–Crippen LogP) is 2.16. The molecule has 0 radical (unpaired) electrons. The van der Waals surface area contributed by atoms with Gasteiger partial charge in [-0.25, -0.2) is 0 Å². The van der Waals surface area contributed by atoms with E-state index in [4.69, 9.17) is 4.42 Å². The topological polar surface area (TPSA) is 41.3 Å². The zero-order valence-corrected chi connectivity index (χ0v) is 10.4. The minimum Gasteiger partial charge on any atom is -0.432 e. The molecule has 0 unspecified atom stereocenters. The quantitative estimate of drug-likeness (QED) is 0.802. The molecule has 0 bridgehead atoms. The summed E-state index contributed by atoms with van der Waals surface area (Å²) in [5.74, 6) is 0. The molecular weight excluding hydrogens is 202 g/mol. The summed E-state index contributed by atoms with van der Waals surface area (Å²) in [5.41, 5.74) is 0.989. The molecule has 1 aromatic heterocycles. The Balaban J connectivity index is 1.95. The van der Waals surface area contributed by atoms with E-state index in [9.17, 15) is 0 Å². The first-order chi connectivity index (χ1) is 7.70. The Morgan fingerprint density at radius 1 is 1.56 bits per heavy atom. The summed E-state index contributed by atoms with van der Waals surface area (Å²) in [6, 6.07) is 1.92. The molecule has 4 nitrogen and oxygen atoms in total. The largest absolute Gasteiger partial charge is 0.432 e. The van der Waals surface area contributed by atoms with Gasteiger partial charge < -0.3 is 14.6 Å². The highest BCUT2D eigenvalue weighted by Crippen LogP contribution is 2.30. The summed E-state index contributed by atoms with van der Waals surface area (Å²) in [4.78, 5) is 6.76. The number of aromatic nitrogens is 1. The van der Waals surface area contributed by atoms with Gasteiger partial charge in [0.1, 0.15) is 6.26 Å². The van der Waals surface area contributed by atoms with Crippen molar-refractivity contribution in [3.05, 3.63) is 12.0 Å². The first kappa shape index (κ1) is 11.5. The van der Waals surface area contributed by atoms with E-state index in [1.807, 2.05) is 0 Å². The average molecular weight is 223 g/mol. The van der Waals surface area contributed by atoms with Crippen LogP contribution in [-0.4, -0.2) is 23.6 Å². The van der Waals surface area contributed by atoms with Crippen LogP contribution in [0.25, 0.3) is 0 Å². The third-order valence-corrected chi connectivity index (χ3v) is 2.81. The number of hydrogen-bond acceptors (Lipinski definition) is 4. The van der Waals surface area contributed by atoms with Crippen LogP contribution < -0.4 is 10.2 Å². The van der Waals surface area contributed by atoms with Gasteiger partial charge in [0.05, 0.1) is 5.69 Å². The Labute approximate surface area is 97.0 Å². The smallest absolute Gasteiger partial charge is 0.297 e.